The normalized spacial score (nSPS) is 20.5. The summed E-state index contributed by atoms with van der Waals surface area (Å²) in [5, 5.41) is 0. The largest absolute Gasteiger partial charge is 0.416 e. The van der Waals surface area contributed by atoms with Crippen LogP contribution in [-0.4, -0.2) is 58.4 Å². The van der Waals surface area contributed by atoms with Crippen molar-refractivity contribution in [2.75, 3.05) is 32.7 Å². The van der Waals surface area contributed by atoms with Crippen molar-refractivity contribution in [3.05, 3.63) is 47.9 Å². The van der Waals surface area contributed by atoms with E-state index in [-0.39, 0.29) is 11.8 Å². The van der Waals surface area contributed by atoms with Crippen molar-refractivity contribution >= 4 is 5.91 Å². The zero-order valence-corrected chi connectivity index (χ0v) is 16.7. The van der Waals surface area contributed by atoms with Crippen molar-refractivity contribution < 1.29 is 18.0 Å². The monoisotopic (exact) mass is 418 g/mol. The van der Waals surface area contributed by atoms with Gasteiger partial charge in [0.15, 0.2) is 0 Å². The maximum atomic E-state index is 13.0. The van der Waals surface area contributed by atoms with Crippen LogP contribution < -0.4 is 0 Å². The van der Waals surface area contributed by atoms with Crippen LogP contribution in [-0.2, 0) is 11.0 Å². The Labute approximate surface area is 173 Å². The van der Waals surface area contributed by atoms with E-state index >= 15 is 0 Å². The van der Waals surface area contributed by atoms with Crippen LogP contribution in [0.4, 0.5) is 13.2 Å². The first-order chi connectivity index (χ1) is 14.4. The van der Waals surface area contributed by atoms with Gasteiger partial charge >= 0.3 is 6.18 Å². The fourth-order valence-electron chi connectivity index (χ4n) is 4.27. The van der Waals surface area contributed by atoms with Gasteiger partial charge in [-0.25, -0.2) is 4.98 Å². The number of rotatable bonds is 4. The second-order valence-corrected chi connectivity index (χ2v) is 8.07. The molecule has 1 atom stereocenters. The number of nitrogens with zero attached hydrogens (tertiary/aromatic N) is 4. The number of benzene rings is 1. The Kier molecular flexibility index (Phi) is 6.04. The molecule has 30 heavy (non-hydrogen) atoms. The molecule has 0 radical (unpaired) electrons. The zero-order chi connectivity index (χ0) is 21.1. The van der Waals surface area contributed by atoms with E-state index in [9.17, 15) is 18.0 Å². The minimum Gasteiger partial charge on any atom is -0.342 e. The molecule has 2 fully saturated rings. The van der Waals surface area contributed by atoms with Gasteiger partial charge in [0.1, 0.15) is 0 Å². The highest BCUT2D eigenvalue weighted by atomic mass is 19.4. The molecule has 0 saturated carbocycles. The summed E-state index contributed by atoms with van der Waals surface area (Å²) < 4.78 is 39.1. The third kappa shape index (κ3) is 4.80. The average molecular weight is 418 g/mol. The molecule has 2 aromatic rings. The van der Waals surface area contributed by atoms with Gasteiger partial charge in [-0.1, -0.05) is 12.1 Å². The predicted octanol–water partition coefficient (Wildman–Crippen LogP) is 3.96. The molecular formula is C22H25F3N4O. The quantitative estimate of drug-likeness (QED) is 0.754. The van der Waals surface area contributed by atoms with E-state index in [0.29, 0.717) is 24.3 Å². The van der Waals surface area contributed by atoms with Crippen LogP contribution in [0.25, 0.3) is 11.3 Å². The van der Waals surface area contributed by atoms with E-state index in [1.54, 1.807) is 12.3 Å². The number of aromatic nitrogens is 2. The van der Waals surface area contributed by atoms with E-state index in [1.165, 1.54) is 12.3 Å². The lowest BCUT2D eigenvalue weighted by Crippen LogP contribution is -2.43. The molecule has 0 N–H and O–H groups in total. The van der Waals surface area contributed by atoms with Gasteiger partial charge in [-0.3, -0.25) is 14.7 Å². The van der Waals surface area contributed by atoms with Crippen molar-refractivity contribution in [1.82, 2.24) is 19.8 Å². The van der Waals surface area contributed by atoms with Gasteiger partial charge in [-0.15, -0.1) is 0 Å². The van der Waals surface area contributed by atoms with Crippen LogP contribution in [0.3, 0.4) is 0 Å². The highest BCUT2D eigenvalue weighted by Gasteiger charge is 2.31. The van der Waals surface area contributed by atoms with Crippen molar-refractivity contribution in [2.45, 2.75) is 37.8 Å². The highest BCUT2D eigenvalue weighted by molar-refractivity contribution is 5.78. The first-order valence-corrected chi connectivity index (χ1v) is 10.4. The fraction of sp³-hybridized carbons (Fsp3) is 0.500. The first kappa shape index (κ1) is 20.8. The zero-order valence-electron chi connectivity index (χ0n) is 16.7. The van der Waals surface area contributed by atoms with E-state index < -0.39 is 11.7 Å². The van der Waals surface area contributed by atoms with Crippen LogP contribution in [0.15, 0.2) is 36.7 Å². The van der Waals surface area contributed by atoms with Crippen LogP contribution in [0.2, 0.25) is 0 Å². The first-order valence-electron chi connectivity index (χ1n) is 10.4. The Bertz CT molecular complexity index is 896. The number of hydrogen-bond donors (Lipinski definition) is 0. The molecule has 4 rings (SSSR count). The van der Waals surface area contributed by atoms with Crippen LogP contribution in [0.5, 0.6) is 0 Å². The van der Waals surface area contributed by atoms with Crippen molar-refractivity contribution in [3.8, 4) is 11.3 Å². The molecule has 3 heterocycles. The van der Waals surface area contributed by atoms with Crippen molar-refractivity contribution in [1.29, 1.82) is 0 Å². The summed E-state index contributed by atoms with van der Waals surface area (Å²) in [6.45, 7) is 3.69. The molecule has 0 bridgehead atoms. The van der Waals surface area contributed by atoms with Gasteiger partial charge in [0.25, 0.3) is 0 Å². The molecule has 5 nitrogen and oxygen atoms in total. The van der Waals surface area contributed by atoms with Gasteiger partial charge in [-0.05, 0) is 44.4 Å². The molecule has 160 valence electrons. The number of likely N-dealkylation sites (tertiary alicyclic amines) is 2. The molecule has 2 saturated heterocycles. The maximum absolute atomic E-state index is 13.0. The van der Waals surface area contributed by atoms with Gasteiger partial charge in [0.2, 0.25) is 5.91 Å². The molecular weight excluding hydrogens is 393 g/mol. The second kappa shape index (κ2) is 8.71. The summed E-state index contributed by atoms with van der Waals surface area (Å²) in [7, 11) is 0. The highest BCUT2D eigenvalue weighted by Crippen LogP contribution is 2.32. The maximum Gasteiger partial charge on any atom is 0.416 e. The molecule has 1 aromatic carbocycles. The SMILES string of the molecule is O=C(CN1CCC[C@@H](c2cncc(-c3cccc(C(F)(F)F)c3)n2)C1)N1CCCC1. The summed E-state index contributed by atoms with van der Waals surface area (Å²) in [4.78, 5) is 25.4. The summed E-state index contributed by atoms with van der Waals surface area (Å²) in [6.07, 6.45) is 2.82. The van der Waals surface area contributed by atoms with Gasteiger partial charge in [0, 0.05) is 37.3 Å². The van der Waals surface area contributed by atoms with Crippen LogP contribution in [0, 0.1) is 0 Å². The number of hydrogen-bond acceptors (Lipinski definition) is 4. The standard InChI is InChI=1S/C22H25F3N4O/c23-22(24,25)18-7-3-5-16(11-18)19-12-26-13-20(27-19)17-6-4-8-28(14-17)15-21(30)29-9-1-2-10-29/h3,5,7,11-13,17H,1-2,4,6,8-10,14-15H2/t17-/m1/s1. The lowest BCUT2D eigenvalue weighted by Gasteiger charge is -2.33. The van der Waals surface area contributed by atoms with Crippen LogP contribution >= 0.6 is 0 Å². The molecule has 0 spiro atoms. The minimum absolute atomic E-state index is 0.114. The molecule has 1 aromatic heterocycles. The van der Waals surface area contributed by atoms with Crippen molar-refractivity contribution in [2.24, 2.45) is 0 Å². The number of carbonyl (C=O) groups is 1. The predicted molar refractivity (Wildman–Crippen MR) is 107 cm³/mol. The number of halogens is 3. The second-order valence-electron chi connectivity index (χ2n) is 8.07. The Morgan fingerprint density at radius 2 is 1.90 bits per heavy atom. The third-order valence-electron chi connectivity index (χ3n) is 5.88. The Balaban J connectivity index is 1.47. The topological polar surface area (TPSA) is 49.3 Å². The van der Waals surface area contributed by atoms with E-state index in [2.05, 4.69) is 14.9 Å². The van der Waals surface area contributed by atoms with Crippen LogP contribution in [0.1, 0.15) is 42.9 Å². The summed E-state index contributed by atoms with van der Waals surface area (Å²) in [6, 6.07) is 5.16. The Hall–Kier alpha value is -2.48. The van der Waals surface area contributed by atoms with Gasteiger partial charge in [0.05, 0.1) is 29.7 Å². The molecule has 2 aliphatic heterocycles. The Morgan fingerprint density at radius 1 is 1.10 bits per heavy atom. The Morgan fingerprint density at radius 3 is 2.67 bits per heavy atom. The van der Waals surface area contributed by atoms with Gasteiger partial charge in [-0.2, -0.15) is 13.2 Å². The molecule has 2 aliphatic rings. The summed E-state index contributed by atoms with van der Waals surface area (Å²) in [5.74, 6) is 0.292. The van der Waals surface area contributed by atoms with E-state index in [0.717, 1.165) is 63.1 Å². The van der Waals surface area contributed by atoms with E-state index in [4.69, 9.17) is 0 Å². The van der Waals surface area contributed by atoms with Gasteiger partial charge < -0.3 is 4.90 Å². The minimum atomic E-state index is -4.40. The van der Waals surface area contributed by atoms with E-state index in [1.807, 2.05) is 4.90 Å². The molecule has 1 amide bonds. The number of carbonyl (C=O) groups excluding carboxylic acids is 1. The molecule has 0 aliphatic carbocycles. The number of alkyl halides is 3. The summed E-state index contributed by atoms with van der Waals surface area (Å²) in [5.41, 5.74) is 0.902. The third-order valence-corrected chi connectivity index (χ3v) is 5.88. The lowest BCUT2D eigenvalue weighted by molar-refractivity contribution is -0.137. The smallest absolute Gasteiger partial charge is 0.342 e. The number of piperidine rings is 1. The lowest BCUT2D eigenvalue weighted by atomic mass is 9.94. The average Bonchev–Trinajstić information content (AvgIpc) is 3.29. The molecule has 8 heteroatoms. The fourth-order valence-corrected chi connectivity index (χ4v) is 4.27. The van der Waals surface area contributed by atoms with Crippen molar-refractivity contribution in [3.63, 3.8) is 0 Å². The molecule has 0 unspecified atom stereocenters. The number of amides is 1. The summed E-state index contributed by atoms with van der Waals surface area (Å²) >= 11 is 0.